The third-order valence-electron chi connectivity index (χ3n) is 4.89. The van der Waals surface area contributed by atoms with Gasteiger partial charge in [0.2, 0.25) is 6.79 Å². The Bertz CT molecular complexity index is 1310. The Kier molecular flexibility index (Phi) is 6.97. The summed E-state index contributed by atoms with van der Waals surface area (Å²) in [6, 6.07) is 9.57. The van der Waals surface area contributed by atoms with Crippen LogP contribution < -0.4 is 20.1 Å². The average molecular weight is 521 g/mol. The van der Waals surface area contributed by atoms with Gasteiger partial charge in [-0.1, -0.05) is 29.3 Å². The average Bonchev–Trinajstić information content (AvgIpc) is 3.40. The predicted molar refractivity (Wildman–Crippen MR) is 130 cm³/mol. The summed E-state index contributed by atoms with van der Waals surface area (Å²) < 4.78 is 15.7. The van der Waals surface area contributed by atoms with Crippen LogP contribution >= 0.6 is 34.5 Å². The molecule has 2 heterocycles. The first-order valence-electron chi connectivity index (χ1n) is 10.1. The number of benzene rings is 2. The maximum absolute atomic E-state index is 13.0. The summed E-state index contributed by atoms with van der Waals surface area (Å²) in [5, 5.41) is 6.06. The van der Waals surface area contributed by atoms with E-state index < -0.39 is 17.8 Å². The van der Waals surface area contributed by atoms with Gasteiger partial charge in [0.15, 0.2) is 11.5 Å². The van der Waals surface area contributed by atoms with Crippen molar-refractivity contribution >= 4 is 63.0 Å². The number of fused-ring (bicyclic) bond motifs is 1. The summed E-state index contributed by atoms with van der Waals surface area (Å²) in [6.45, 7) is 3.47. The SMILES string of the molecule is CCOC(=O)c1c(NC(=O)c2ccc3c(c2)OCO3)sc(C(=O)Nc2cccc(Cl)c2Cl)c1C. The zero-order chi connectivity index (χ0) is 24.4. The summed E-state index contributed by atoms with van der Waals surface area (Å²) in [4.78, 5) is 38.8. The van der Waals surface area contributed by atoms with E-state index in [1.54, 1.807) is 44.2 Å². The molecular weight excluding hydrogens is 503 g/mol. The number of esters is 1. The molecule has 1 aromatic heterocycles. The lowest BCUT2D eigenvalue weighted by molar-refractivity contribution is 0.0527. The number of amides is 2. The minimum Gasteiger partial charge on any atom is -0.462 e. The molecule has 3 aromatic rings. The van der Waals surface area contributed by atoms with Crippen LogP contribution in [0, 0.1) is 6.92 Å². The van der Waals surface area contributed by atoms with Gasteiger partial charge in [0, 0.05) is 5.56 Å². The Hall–Kier alpha value is -3.27. The maximum Gasteiger partial charge on any atom is 0.341 e. The Balaban J connectivity index is 1.65. The summed E-state index contributed by atoms with van der Waals surface area (Å²) in [5.74, 6) is -0.679. The van der Waals surface area contributed by atoms with E-state index in [2.05, 4.69) is 10.6 Å². The molecule has 1 aliphatic heterocycles. The molecule has 2 N–H and O–H groups in total. The van der Waals surface area contributed by atoms with Gasteiger partial charge in [-0.25, -0.2) is 4.79 Å². The van der Waals surface area contributed by atoms with Crippen molar-refractivity contribution in [3.8, 4) is 11.5 Å². The second kappa shape index (κ2) is 9.92. The Morgan fingerprint density at radius 1 is 1.06 bits per heavy atom. The summed E-state index contributed by atoms with van der Waals surface area (Å²) >= 11 is 13.2. The molecule has 0 fully saturated rings. The quantitative estimate of drug-likeness (QED) is 0.399. The first-order chi connectivity index (χ1) is 16.3. The van der Waals surface area contributed by atoms with E-state index in [9.17, 15) is 14.4 Å². The standard InChI is InChI=1S/C23H18Cl2N2O6S/c1-3-31-23(30)17-11(2)19(21(29)26-14-6-4-5-13(24)18(14)25)34-22(17)27-20(28)12-7-8-15-16(9-12)33-10-32-15/h4-9H,3,10H2,1-2H3,(H,26,29)(H,27,28). The number of hydrogen-bond acceptors (Lipinski definition) is 7. The van der Waals surface area contributed by atoms with Crippen molar-refractivity contribution in [3.63, 3.8) is 0 Å². The van der Waals surface area contributed by atoms with Crippen molar-refractivity contribution in [2.45, 2.75) is 13.8 Å². The van der Waals surface area contributed by atoms with E-state index in [4.69, 9.17) is 37.4 Å². The fourth-order valence-electron chi connectivity index (χ4n) is 3.26. The number of halogens is 2. The highest BCUT2D eigenvalue weighted by atomic mass is 35.5. The normalized spacial score (nSPS) is 11.8. The van der Waals surface area contributed by atoms with Gasteiger partial charge in [0.25, 0.3) is 11.8 Å². The Morgan fingerprint density at radius 2 is 1.82 bits per heavy atom. The molecule has 0 radical (unpaired) electrons. The van der Waals surface area contributed by atoms with Crippen LogP contribution in [-0.2, 0) is 4.74 Å². The number of nitrogens with one attached hydrogen (secondary N) is 2. The summed E-state index contributed by atoms with van der Waals surface area (Å²) in [5.41, 5.74) is 1.07. The van der Waals surface area contributed by atoms with Crippen molar-refractivity contribution < 1.29 is 28.6 Å². The fraction of sp³-hybridized carbons (Fsp3) is 0.174. The number of rotatable bonds is 6. The smallest absolute Gasteiger partial charge is 0.341 e. The molecule has 4 rings (SSSR count). The van der Waals surface area contributed by atoms with E-state index >= 15 is 0 Å². The van der Waals surface area contributed by atoms with E-state index in [0.29, 0.717) is 28.3 Å². The molecule has 0 spiro atoms. The van der Waals surface area contributed by atoms with Crippen molar-refractivity contribution in [2.75, 3.05) is 24.0 Å². The van der Waals surface area contributed by atoms with Crippen LogP contribution in [0.1, 0.15) is 42.9 Å². The van der Waals surface area contributed by atoms with Gasteiger partial charge in [-0.3, -0.25) is 9.59 Å². The Morgan fingerprint density at radius 3 is 2.59 bits per heavy atom. The largest absolute Gasteiger partial charge is 0.462 e. The van der Waals surface area contributed by atoms with Crippen molar-refractivity contribution in [1.82, 2.24) is 0 Å². The van der Waals surface area contributed by atoms with Crippen LogP contribution in [-0.4, -0.2) is 31.2 Å². The predicted octanol–water partition coefficient (Wildman–Crippen LogP) is 5.77. The van der Waals surface area contributed by atoms with Gasteiger partial charge in [-0.05, 0) is 49.7 Å². The molecule has 0 unspecified atom stereocenters. The second-order valence-electron chi connectivity index (χ2n) is 7.06. The summed E-state index contributed by atoms with van der Waals surface area (Å²) in [7, 11) is 0. The molecule has 0 saturated carbocycles. The zero-order valence-electron chi connectivity index (χ0n) is 18.0. The lowest BCUT2D eigenvalue weighted by atomic mass is 10.1. The van der Waals surface area contributed by atoms with Crippen LogP contribution in [0.15, 0.2) is 36.4 Å². The van der Waals surface area contributed by atoms with E-state index in [0.717, 1.165) is 11.3 Å². The van der Waals surface area contributed by atoms with Crippen LogP contribution in [0.2, 0.25) is 10.0 Å². The highest BCUT2D eigenvalue weighted by Crippen LogP contribution is 2.37. The van der Waals surface area contributed by atoms with Gasteiger partial charge in [-0.2, -0.15) is 0 Å². The van der Waals surface area contributed by atoms with Gasteiger partial charge in [0.1, 0.15) is 5.00 Å². The van der Waals surface area contributed by atoms with Gasteiger partial charge in [0.05, 0.1) is 32.8 Å². The van der Waals surface area contributed by atoms with Crippen LogP contribution in [0.25, 0.3) is 0 Å². The molecule has 0 saturated heterocycles. The van der Waals surface area contributed by atoms with E-state index in [-0.39, 0.29) is 38.9 Å². The van der Waals surface area contributed by atoms with Crippen LogP contribution in [0.4, 0.5) is 10.7 Å². The van der Waals surface area contributed by atoms with Crippen LogP contribution in [0.5, 0.6) is 11.5 Å². The van der Waals surface area contributed by atoms with Crippen molar-refractivity contribution in [3.05, 3.63) is 68.0 Å². The molecule has 0 bridgehead atoms. The summed E-state index contributed by atoms with van der Waals surface area (Å²) in [6.07, 6.45) is 0. The first kappa shape index (κ1) is 23.9. The lowest BCUT2D eigenvalue weighted by Crippen LogP contribution is -2.15. The van der Waals surface area contributed by atoms with Crippen LogP contribution in [0.3, 0.4) is 0 Å². The topological polar surface area (TPSA) is 103 Å². The molecule has 8 nitrogen and oxygen atoms in total. The number of anilines is 2. The molecule has 2 amide bonds. The highest BCUT2D eigenvalue weighted by molar-refractivity contribution is 7.19. The van der Waals surface area contributed by atoms with E-state index in [1.807, 2.05) is 0 Å². The monoisotopic (exact) mass is 520 g/mol. The molecular formula is C23H18Cl2N2O6S. The number of carbonyl (C=O) groups is 3. The van der Waals surface area contributed by atoms with Crippen molar-refractivity contribution in [1.29, 1.82) is 0 Å². The number of ether oxygens (including phenoxy) is 3. The molecule has 34 heavy (non-hydrogen) atoms. The molecule has 1 aliphatic rings. The fourth-order valence-corrected chi connectivity index (χ4v) is 4.69. The minimum atomic E-state index is -0.655. The number of carbonyl (C=O) groups excluding carboxylic acids is 3. The van der Waals surface area contributed by atoms with Crippen molar-refractivity contribution in [2.24, 2.45) is 0 Å². The highest BCUT2D eigenvalue weighted by Gasteiger charge is 2.28. The first-order valence-corrected chi connectivity index (χ1v) is 11.6. The molecule has 0 atom stereocenters. The van der Waals surface area contributed by atoms with Gasteiger partial charge in [-0.15, -0.1) is 11.3 Å². The third-order valence-corrected chi connectivity index (χ3v) is 6.92. The molecule has 176 valence electrons. The minimum absolute atomic E-state index is 0.0760. The molecule has 11 heteroatoms. The van der Waals surface area contributed by atoms with E-state index in [1.165, 1.54) is 6.07 Å². The second-order valence-corrected chi connectivity index (χ2v) is 8.86. The van der Waals surface area contributed by atoms with Gasteiger partial charge >= 0.3 is 5.97 Å². The third kappa shape index (κ3) is 4.68. The molecule has 2 aromatic carbocycles. The zero-order valence-corrected chi connectivity index (χ0v) is 20.3. The lowest BCUT2D eigenvalue weighted by Gasteiger charge is -2.08. The number of hydrogen-bond donors (Lipinski definition) is 2. The Labute approximate surface area is 208 Å². The maximum atomic E-state index is 13.0. The van der Waals surface area contributed by atoms with Gasteiger partial charge < -0.3 is 24.8 Å². The molecule has 0 aliphatic carbocycles. The number of thiophene rings is 1.